The van der Waals surface area contributed by atoms with Gasteiger partial charge in [-0.3, -0.25) is 20.4 Å². The highest BCUT2D eigenvalue weighted by Gasteiger charge is 2.49. The maximum atomic E-state index is 11.8. The molecule has 6 N–H and O–H groups in total. The van der Waals surface area contributed by atoms with Crippen molar-refractivity contribution in [3.05, 3.63) is 0 Å². The van der Waals surface area contributed by atoms with Crippen LogP contribution in [-0.2, 0) is 4.74 Å². The van der Waals surface area contributed by atoms with Gasteiger partial charge in [0.15, 0.2) is 0 Å². The Labute approximate surface area is 289 Å². The summed E-state index contributed by atoms with van der Waals surface area (Å²) < 4.78 is 6.57. The molecule has 0 aromatic carbocycles. The fourth-order valence-electron chi connectivity index (χ4n) is 12.5. The van der Waals surface area contributed by atoms with Gasteiger partial charge in [-0.05, 0) is 116 Å². The van der Waals surface area contributed by atoms with Crippen molar-refractivity contribution in [3.63, 3.8) is 0 Å². The number of hydrogen-bond donors (Lipinski definition) is 6. The molecule has 4 heterocycles. The highest BCUT2D eigenvalue weighted by Crippen LogP contribution is 2.42. The second-order valence-electron chi connectivity index (χ2n) is 17.9. The fraction of sp³-hybridized carbons (Fsp3) is 1.00. The van der Waals surface area contributed by atoms with E-state index in [1.54, 1.807) is 0 Å². The van der Waals surface area contributed by atoms with E-state index in [0.717, 1.165) is 38.6 Å². The highest BCUT2D eigenvalue weighted by atomic mass is 16.5. The third-order valence-electron chi connectivity index (χ3n) is 15.1. The molecule has 13 atom stereocenters. The van der Waals surface area contributed by atoms with Crippen molar-refractivity contribution in [1.82, 2.24) is 36.4 Å². The van der Waals surface area contributed by atoms with Crippen molar-refractivity contribution >= 4 is 0 Å². The molecule has 5 aliphatic carbocycles. The summed E-state index contributed by atoms with van der Waals surface area (Å²) in [4.78, 5) is 5.54. The second-order valence-corrected chi connectivity index (χ2v) is 17.9. The first kappa shape index (κ1) is 33.4. The molecule has 0 aromatic heterocycles. The summed E-state index contributed by atoms with van der Waals surface area (Å²) in [6.45, 7) is 2.33. The normalized spacial score (nSPS) is 50.7. The van der Waals surface area contributed by atoms with Crippen LogP contribution in [-0.4, -0.2) is 117 Å². The standard InChI is InChI=1S/C38H67N7O3/c46-34-21-26(16-18-28(34)33-23-43-20-6-5-11-37(43)39-33)44(24-12-14-25(15-13-24)45-41-30-7-1-2-8-31(30)42-45)27-17-19-29(35(47)22-27)38-40-32-9-3-4-10-36(32)48-38/h24-42,46-47H,1-23H2. The molecule has 0 aromatic rings. The van der Waals surface area contributed by atoms with Crippen LogP contribution < -0.4 is 21.5 Å². The lowest BCUT2D eigenvalue weighted by Crippen LogP contribution is -2.59. The summed E-state index contributed by atoms with van der Waals surface area (Å²) in [5, 5.41) is 33.8. The van der Waals surface area contributed by atoms with Crippen LogP contribution in [0.25, 0.3) is 0 Å². The number of aliphatic hydroxyl groups is 2. The molecule has 0 radical (unpaired) electrons. The number of hydrogen-bond acceptors (Lipinski definition) is 10. The van der Waals surface area contributed by atoms with Crippen LogP contribution >= 0.6 is 0 Å². The van der Waals surface area contributed by atoms with E-state index in [1.165, 1.54) is 109 Å². The first-order valence-electron chi connectivity index (χ1n) is 20.9. The Hall–Kier alpha value is -0.400. The highest BCUT2D eigenvalue weighted by molar-refractivity contribution is 5.02. The molecule has 10 nitrogen and oxygen atoms in total. The number of hydrazine groups is 2. The minimum atomic E-state index is -0.331. The summed E-state index contributed by atoms with van der Waals surface area (Å²) in [7, 11) is 0. The van der Waals surface area contributed by atoms with E-state index in [0.29, 0.717) is 66.5 Å². The van der Waals surface area contributed by atoms with Crippen LogP contribution in [0, 0.1) is 11.8 Å². The Bertz CT molecular complexity index is 981. The molecule has 9 fully saturated rings. The van der Waals surface area contributed by atoms with Crippen LogP contribution in [0.1, 0.15) is 135 Å². The van der Waals surface area contributed by atoms with Gasteiger partial charge in [0.1, 0.15) is 6.23 Å². The van der Waals surface area contributed by atoms with E-state index in [1.807, 2.05) is 0 Å². The van der Waals surface area contributed by atoms with Gasteiger partial charge in [-0.2, -0.15) is 5.12 Å². The van der Waals surface area contributed by atoms with Crippen molar-refractivity contribution in [2.75, 3.05) is 13.1 Å². The molecule has 4 aliphatic heterocycles. The Balaban J connectivity index is 0.866. The van der Waals surface area contributed by atoms with Crippen LogP contribution in [0.5, 0.6) is 0 Å². The van der Waals surface area contributed by atoms with Crippen molar-refractivity contribution in [3.8, 4) is 0 Å². The van der Waals surface area contributed by atoms with Crippen molar-refractivity contribution in [1.29, 1.82) is 0 Å². The molecule has 4 saturated heterocycles. The van der Waals surface area contributed by atoms with Gasteiger partial charge in [0.05, 0.1) is 24.5 Å². The topological polar surface area (TPSA) is 108 Å². The lowest BCUT2D eigenvalue weighted by molar-refractivity contribution is -0.0932. The minimum absolute atomic E-state index is 0.0118. The van der Waals surface area contributed by atoms with Crippen LogP contribution in [0.2, 0.25) is 0 Å². The van der Waals surface area contributed by atoms with E-state index in [-0.39, 0.29) is 24.4 Å². The average Bonchev–Trinajstić information content (AvgIpc) is 3.85. The van der Waals surface area contributed by atoms with E-state index in [9.17, 15) is 10.2 Å². The number of nitrogens with zero attached hydrogens (tertiary/aromatic N) is 3. The summed E-state index contributed by atoms with van der Waals surface area (Å²) >= 11 is 0. The molecule has 5 saturated carbocycles. The SMILES string of the molecule is OC1CC(N(C2CCC(N3NC4CCCCC4N3)CC2)C2CCC(C3NC4CCCCC4O3)C(O)C2)CCC1C1CN2CCCCC2N1. The van der Waals surface area contributed by atoms with E-state index < -0.39 is 0 Å². The van der Waals surface area contributed by atoms with Gasteiger partial charge in [0, 0.05) is 66.7 Å². The maximum absolute atomic E-state index is 11.8. The first-order chi connectivity index (χ1) is 23.6. The molecule has 0 spiro atoms. The third-order valence-corrected chi connectivity index (χ3v) is 15.1. The largest absolute Gasteiger partial charge is 0.393 e. The molecule has 9 rings (SSSR count). The molecule has 272 valence electrons. The van der Waals surface area contributed by atoms with Gasteiger partial charge < -0.3 is 14.9 Å². The molecule has 10 heteroatoms. The monoisotopic (exact) mass is 670 g/mol. The third kappa shape index (κ3) is 6.67. The quantitative estimate of drug-likeness (QED) is 0.252. The fourth-order valence-corrected chi connectivity index (χ4v) is 12.5. The van der Waals surface area contributed by atoms with Gasteiger partial charge in [-0.15, -0.1) is 0 Å². The summed E-state index contributed by atoms with van der Waals surface area (Å²) in [6.07, 6.45) is 25.5. The molecular weight excluding hydrogens is 602 g/mol. The Morgan fingerprint density at radius 1 is 0.562 bits per heavy atom. The number of ether oxygens (including phenoxy) is 1. The van der Waals surface area contributed by atoms with Crippen LogP contribution in [0.3, 0.4) is 0 Å². The molecule has 0 amide bonds. The Morgan fingerprint density at radius 3 is 1.85 bits per heavy atom. The Morgan fingerprint density at radius 2 is 1.19 bits per heavy atom. The molecule has 13 unspecified atom stereocenters. The second kappa shape index (κ2) is 14.6. The molecule has 9 aliphatic rings. The molecule has 0 bridgehead atoms. The molecule has 48 heavy (non-hydrogen) atoms. The zero-order valence-electron chi connectivity index (χ0n) is 29.6. The van der Waals surface area contributed by atoms with E-state index in [4.69, 9.17) is 4.74 Å². The van der Waals surface area contributed by atoms with Gasteiger partial charge in [0.2, 0.25) is 0 Å². The van der Waals surface area contributed by atoms with Crippen LogP contribution in [0.15, 0.2) is 0 Å². The van der Waals surface area contributed by atoms with E-state index in [2.05, 4.69) is 36.4 Å². The number of aliphatic hydroxyl groups excluding tert-OH is 2. The first-order valence-corrected chi connectivity index (χ1v) is 20.9. The number of nitrogens with one attached hydrogen (secondary N) is 4. The van der Waals surface area contributed by atoms with Crippen molar-refractivity contribution in [2.45, 2.75) is 214 Å². The van der Waals surface area contributed by atoms with Crippen molar-refractivity contribution in [2.24, 2.45) is 11.8 Å². The van der Waals surface area contributed by atoms with Crippen molar-refractivity contribution < 1.29 is 14.9 Å². The number of rotatable bonds is 6. The number of fused-ring (bicyclic) bond motifs is 3. The predicted molar refractivity (Wildman–Crippen MR) is 186 cm³/mol. The zero-order chi connectivity index (χ0) is 32.2. The predicted octanol–water partition coefficient (Wildman–Crippen LogP) is 3.34. The van der Waals surface area contributed by atoms with Gasteiger partial charge >= 0.3 is 0 Å². The lowest BCUT2D eigenvalue weighted by Gasteiger charge is -2.52. The van der Waals surface area contributed by atoms with Crippen LogP contribution in [0.4, 0.5) is 0 Å². The van der Waals surface area contributed by atoms with E-state index >= 15 is 0 Å². The summed E-state index contributed by atoms with van der Waals surface area (Å²) in [5.74, 6) is 0.546. The number of piperidine rings is 1. The van der Waals surface area contributed by atoms with Gasteiger partial charge in [0.25, 0.3) is 0 Å². The Kier molecular flexibility index (Phi) is 10.1. The molecular formula is C38H67N7O3. The summed E-state index contributed by atoms with van der Waals surface area (Å²) in [6, 6.07) is 4.02. The smallest absolute Gasteiger partial charge is 0.114 e. The van der Waals surface area contributed by atoms with Gasteiger partial charge in [-0.25, -0.2) is 10.9 Å². The average molecular weight is 670 g/mol. The maximum Gasteiger partial charge on any atom is 0.114 e. The van der Waals surface area contributed by atoms with Gasteiger partial charge in [-0.1, -0.05) is 25.7 Å². The minimum Gasteiger partial charge on any atom is -0.393 e. The lowest BCUT2D eigenvalue weighted by atomic mass is 9.75. The zero-order valence-corrected chi connectivity index (χ0v) is 29.6. The summed E-state index contributed by atoms with van der Waals surface area (Å²) in [5.41, 5.74) is 7.72.